The minimum absolute atomic E-state index is 0.153. The molecular formula is C20H24N6OS. The van der Waals surface area contributed by atoms with Gasteiger partial charge in [0, 0.05) is 42.7 Å². The van der Waals surface area contributed by atoms with Gasteiger partial charge in [-0.3, -0.25) is 9.48 Å². The lowest BCUT2D eigenvalue weighted by Crippen LogP contribution is -2.38. The number of anilines is 1. The monoisotopic (exact) mass is 396 g/mol. The van der Waals surface area contributed by atoms with Crippen LogP contribution in [0.3, 0.4) is 0 Å². The number of rotatable bonds is 5. The third kappa shape index (κ3) is 3.91. The van der Waals surface area contributed by atoms with Crippen LogP contribution in [0.2, 0.25) is 0 Å². The quantitative estimate of drug-likeness (QED) is 0.718. The summed E-state index contributed by atoms with van der Waals surface area (Å²) >= 11 is 1.62. The normalized spacial score (nSPS) is 13.6. The minimum atomic E-state index is 0.153. The third-order valence-electron chi connectivity index (χ3n) is 4.71. The molecule has 0 bridgehead atoms. The zero-order valence-corrected chi connectivity index (χ0v) is 17.2. The van der Waals surface area contributed by atoms with Crippen LogP contribution >= 0.6 is 11.3 Å². The number of hydrogen-bond donors (Lipinski definition) is 1. The molecule has 28 heavy (non-hydrogen) atoms. The van der Waals surface area contributed by atoms with Crippen molar-refractivity contribution in [3.05, 3.63) is 46.0 Å². The summed E-state index contributed by atoms with van der Waals surface area (Å²) in [5.74, 6) is 1.64. The molecule has 0 saturated carbocycles. The summed E-state index contributed by atoms with van der Waals surface area (Å²) in [6, 6.07) is 4.23. The maximum Gasteiger partial charge on any atom is 0.228 e. The number of fused-ring (bicyclic) bond motifs is 1. The topological polar surface area (TPSA) is 75.9 Å². The lowest BCUT2D eigenvalue weighted by atomic mass is 10.0. The van der Waals surface area contributed by atoms with Crippen molar-refractivity contribution in [3.8, 4) is 11.4 Å². The van der Waals surface area contributed by atoms with Gasteiger partial charge in [0.1, 0.15) is 5.82 Å². The fourth-order valence-electron chi connectivity index (χ4n) is 3.36. The largest absolute Gasteiger partial charge is 0.367 e. The van der Waals surface area contributed by atoms with Crippen LogP contribution in [0, 0.1) is 0 Å². The van der Waals surface area contributed by atoms with Gasteiger partial charge in [-0.25, -0.2) is 9.97 Å². The van der Waals surface area contributed by atoms with Crippen molar-refractivity contribution in [1.29, 1.82) is 0 Å². The zero-order valence-electron chi connectivity index (χ0n) is 16.3. The van der Waals surface area contributed by atoms with Crippen molar-refractivity contribution >= 4 is 23.1 Å². The predicted octanol–water partition coefficient (Wildman–Crippen LogP) is 2.89. The van der Waals surface area contributed by atoms with Crippen LogP contribution < -0.4 is 5.32 Å². The zero-order chi connectivity index (χ0) is 19.7. The Labute approximate surface area is 168 Å². The molecule has 1 amide bonds. The molecule has 1 aliphatic rings. The number of hydrogen-bond acceptors (Lipinski definition) is 6. The van der Waals surface area contributed by atoms with Gasteiger partial charge in [-0.2, -0.15) is 5.10 Å². The van der Waals surface area contributed by atoms with E-state index in [2.05, 4.69) is 24.3 Å². The molecule has 0 aliphatic carbocycles. The molecule has 3 aromatic rings. The number of nitrogens with zero attached hydrogens (tertiary/aromatic N) is 5. The molecule has 146 valence electrons. The van der Waals surface area contributed by atoms with E-state index in [-0.39, 0.29) is 11.9 Å². The highest BCUT2D eigenvalue weighted by atomic mass is 32.1. The number of amides is 1. The van der Waals surface area contributed by atoms with E-state index < -0.39 is 0 Å². The summed E-state index contributed by atoms with van der Waals surface area (Å²) in [6.07, 6.45) is 4.88. The summed E-state index contributed by atoms with van der Waals surface area (Å²) in [4.78, 5) is 25.3. The molecule has 0 saturated heterocycles. The molecule has 0 fully saturated rings. The van der Waals surface area contributed by atoms with E-state index in [0.717, 1.165) is 33.9 Å². The number of carbonyl (C=O) groups is 1. The Kier molecular flexibility index (Phi) is 5.13. The second-order valence-electron chi connectivity index (χ2n) is 7.34. The molecule has 0 radical (unpaired) electrons. The van der Waals surface area contributed by atoms with Gasteiger partial charge < -0.3 is 10.2 Å². The molecule has 0 atom stereocenters. The van der Waals surface area contributed by atoms with Crippen molar-refractivity contribution in [2.24, 2.45) is 7.05 Å². The Morgan fingerprint density at radius 3 is 2.89 bits per heavy atom. The summed E-state index contributed by atoms with van der Waals surface area (Å²) in [5, 5.41) is 9.68. The fraction of sp³-hybridized carbons (Fsp3) is 0.400. The van der Waals surface area contributed by atoms with Crippen LogP contribution in [0.4, 0.5) is 5.82 Å². The number of aryl methyl sites for hydroxylation is 1. The minimum Gasteiger partial charge on any atom is -0.367 e. The maximum atomic E-state index is 12.8. The van der Waals surface area contributed by atoms with E-state index in [9.17, 15) is 4.79 Å². The van der Waals surface area contributed by atoms with Gasteiger partial charge in [-0.1, -0.05) is 6.07 Å². The van der Waals surface area contributed by atoms with Crippen molar-refractivity contribution < 1.29 is 4.79 Å². The molecule has 3 aromatic heterocycles. The summed E-state index contributed by atoms with van der Waals surface area (Å²) in [5.41, 5.74) is 2.93. The van der Waals surface area contributed by atoms with Gasteiger partial charge in [-0.05, 0) is 25.3 Å². The van der Waals surface area contributed by atoms with Crippen LogP contribution in [-0.2, 0) is 31.2 Å². The molecule has 0 aromatic carbocycles. The third-order valence-corrected chi connectivity index (χ3v) is 5.58. The van der Waals surface area contributed by atoms with E-state index in [1.165, 1.54) is 0 Å². The van der Waals surface area contributed by atoms with E-state index in [4.69, 9.17) is 9.97 Å². The Balaban J connectivity index is 1.63. The van der Waals surface area contributed by atoms with E-state index >= 15 is 0 Å². The molecule has 8 heteroatoms. The van der Waals surface area contributed by atoms with Gasteiger partial charge in [0.05, 0.1) is 30.4 Å². The average molecular weight is 397 g/mol. The second kappa shape index (κ2) is 7.71. The fourth-order valence-corrected chi connectivity index (χ4v) is 4.06. The molecule has 4 heterocycles. The lowest BCUT2D eigenvalue weighted by molar-refractivity contribution is -0.131. The van der Waals surface area contributed by atoms with Crippen LogP contribution in [0.15, 0.2) is 29.9 Å². The molecule has 1 aliphatic heterocycles. The smallest absolute Gasteiger partial charge is 0.228 e. The first-order valence-electron chi connectivity index (χ1n) is 9.45. The first kappa shape index (κ1) is 18.6. The summed E-state index contributed by atoms with van der Waals surface area (Å²) in [6.45, 7) is 5.39. The Hall–Kier alpha value is -2.74. The molecular weight excluding hydrogens is 372 g/mol. The summed E-state index contributed by atoms with van der Waals surface area (Å²) in [7, 11) is 1.88. The van der Waals surface area contributed by atoms with E-state index in [0.29, 0.717) is 25.3 Å². The van der Waals surface area contributed by atoms with Gasteiger partial charge in [0.2, 0.25) is 5.91 Å². The van der Waals surface area contributed by atoms with Crippen LogP contribution in [0.25, 0.3) is 11.4 Å². The molecule has 4 rings (SSSR count). The van der Waals surface area contributed by atoms with Crippen LogP contribution in [-0.4, -0.2) is 43.1 Å². The Morgan fingerprint density at radius 1 is 1.36 bits per heavy atom. The van der Waals surface area contributed by atoms with Crippen LogP contribution in [0.5, 0.6) is 0 Å². The van der Waals surface area contributed by atoms with Gasteiger partial charge in [0.15, 0.2) is 5.82 Å². The van der Waals surface area contributed by atoms with Crippen molar-refractivity contribution in [2.45, 2.75) is 39.3 Å². The SMILES string of the molecule is CC(C)Nc1nc(-c2cnn(C)c2)nc2c1CN(C(=O)Cc1cccs1)CC2. The van der Waals surface area contributed by atoms with Gasteiger partial charge >= 0.3 is 0 Å². The number of aromatic nitrogens is 4. The molecule has 1 N–H and O–H groups in total. The second-order valence-corrected chi connectivity index (χ2v) is 8.38. The highest BCUT2D eigenvalue weighted by Gasteiger charge is 2.26. The number of carbonyl (C=O) groups excluding carboxylic acids is 1. The Morgan fingerprint density at radius 2 is 2.21 bits per heavy atom. The van der Waals surface area contributed by atoms with E-state index in [1.54, 1.807) is 22.2 Å². The van der Waals surface area contributed by atoms with Gasteiger partial charge in [0.25, 0.3) is 0 Å². The summed E-state index contributed by atoms with van der Waals surface area (Å²) < 4.78 is 1.75. The van der Waals surface area contributed by atoms with Crippen molar-refractivity contribution in [3.63, 3.8) is 0 Å². The van der Waals surface area contributed by atoms with Crippen molar-refractivity contribution in [2.75, 3.05) is 11.9 Å². The first-order valence-corrected chi connectivity index (χ1v) is 10.3. The highest BCUT2D eigenvalue weighted by Crippen LogP contribution is 2.28. The first-order chi connectivity index (χ1) is 13.5. The molecule has 0 spiro atoms. The Bertz CT molecular complexity index is 979. The lowest BCUT2D eigenvalue weighted by Gasteiger charge is -2.30. The maximum absolute atomic E-state index is 12.8. The predicted molar refractivity (Wildman–Crippen MR) is 110 cm³/mol. The van der Waals surface area contributed by atoms with Crippen molar-refractivity contribution in [1.82, 2.24) is 24.6 Å². The molecule has 7 nitrogen and oxygen atoms in total. The van der Waals surface area contributed by atoms with Crippen LogP contribution in [0.1, 0.15) is 30.0 Å². The molecule has 0 unspecified atom stereocenters. The van der Waals surface area contributed by atoms with Gasteiger partial charge in [-0.15, -0.1) is 11.3 Å². The van der Waals surface area contributed by atoms with E-state index in [1.807, 2.05) is 35.7 Å². The standard InChI is InChI=1S/C20H24N6OS/c1-13(2)22-20-16-12-26(18(27)9-15-5-4-8-28-15)7-6-17(16)23-19(24-20)14-10-21-25(3)11-14/h4-5,8,10-11,13H,6-7,9,12H2,1-3H3,(H,22,23,24). The highest BCUT2D eigenvalue weighted by molar-refractivity contribution is 7.10. The number of thiophene rings is 1. The number of nitrogens with one attached hydrogen (secondary N) is 1. The average Bonchev–Trinajstić information content (AvgIpc) is 3.32.